The molecular weight excluding hydrogens is 258 g/mol. The minimum Gasteiger partial charge on any atom is -0.402 e. The molecule has 0 spiro atoms. The molecule has 1 aliphatic rings. The Morgan fingerprint density at radius 1 is 1.21 bits per heavy atom. The van der Waals surface area contributed by atoms with Crippen molar-refractivity contribution in [2.24, 2.45) is 4.99 Å². The van der Waals surface area contributed by atoms with Crippen LogP contribution in [0.3, 0.4) is 0 Å². The third-order valence-electron chi connectivity index (χ3n) is 2.77. The van der Waals surface area contributed by atoms with Gasteiger partial charge in [0.2, 0.25) is 5.90 Å². The first-order chi connectivity index (χ1) is 9.22. The maximum Gasteiger partial charge on any atom is 0.363 e. The van der Waals surface area contributed by atoms with E-state index in [1.807, 2.05) is 48.0 Å². The zero-order valence-electron chi connectivity index (χ0n) is 10.3. The molecule has 1 aromatic carbocycles. The first kappa shape index (κ1) is 11.9. The summed E-state index contributed by atoms with van der Waals surface area (Å²) in [6, 6.07) is 9.66. The van der Waals surface area contributed by atoms with Gasteiger partial charge in [-0.15, -0.1) is 0 Å². The molecule has 0 atom stereocenters. The number of aliphatic imine (C=N–C) groups is 1. The number of carbonyl (C=O) groups is 1. The number of hydrogen-bond acceptors (Lipinski definition) is 4. The smallest absolute Gasteiger partial charge is 0.363 e. The molecule has 0 radical (unpaired) electrons. The van der Waals surface area contributed by atoms with E-state index in [0.29, 0.717) is 11.6 Å². The Morgan fingerprint density at radius 3 is 2.68 bits per heavy atom. The lowest BCUT2D eigenvalue weighted by Gasteiger charge is -1.99. The molecule has 1 aliphatic heterocycles. The topological polar surface area (TPSA) is 38.7 Å². The van der Waals surface area contributed by atoms with Crippen molar-refractivity contribution in [2.75, 3.05) is 0 Å². The first-order valence-electron chi connectivity index (χ1n) is 5.84. The van der Waals surface area contributed by atoms with E-state index in [4.69, 9.17) is 4.74 Å². The number of ether oxygens (including phenoxy) is 1. The molecule has 1 aromatic heterocycles. The van der Waals surface area contributed by atoms with Crippen LogP contribution in [0.5, 0.6) is 0 Å². The summed E-state index contributed by atoms with van der Waals surface area (Å²) >= 11 is 1.58. The molecule has 0 aliphatic carbocycles. The van der Waals surface area contributed by atoms with E-state index in [-0.39, 0.29) is 0 Å². The number of benzene rings is 1. The minimum absolute atomic E-state index is 0.342. The van der Waals surface area contributed by atoms with Crippen LogP contribution < -0.4 is 0 Å². The highest BCUT2D eigenvalue weighted by Crippen LogP contribution is 2.20. The largest absolute Gasteiger partial charge is 0.402 e. The van der Waals surface area contributed by atoms with Crippen molar-refractivity contribution >= 4 is 29.3 Å². The van der Waals surface area contributed by atoms with Crippen molar-refractivity contribution in [3.8, 4) is 0 Å². The van der Waals surface area contributed by atoms with Crippen molar-refractivity contribution in [3.05, 3.63) is 63.5 Å². The van der Waals surface area contributed by atoms with Crippen LogP contribution in [0.15, 0.2) is 51.8 Å². The Kier molecular flexibility index (Phi) is 3.01. The Labute approximate surface area is 114 Å². The standard InChI is InChI=1S/C15H11NO2S/c1-10-2-4-12(5-3-10)14-16-13(15(17)18-14)8-11-6-7-19-9-11/h2-9H,1H3. The van der Waals surface area contributed by atoms with Gasteiger partial charge in [-0.2, -0.15) is 11.3 Å². The average molecular weight is 269 g/mol. The van der Waals surface area contributed by atoms with E-state index < -0.39 is 5.97 Å². The summed E-state index contributed by atoms with van der Waals surface area (Å²) in [6.45, 7) is 2.01. The van der Waals surface area contributed by atoms with Crippen LogP contribution in [-0.2, 0) is 9.53 Å². The van der Waals surface area contributed by atoms with Crippen LogP contribution >= 0.6 is 11.3 Å². The SMILES string of the molecule is Cc1ccc(C2=NC(=Cc3ccsc3)C(=O)O2)cc1. The van der Waals surface area contributed by atoms with E-state index >= 15 is 0 Å². The molecule has 0 bridgehead atoms. The molecule has 4 heteroatoms. The predicted molar refractivity (Wildman–Crippen MR) is 76.1 cm³/mol. The van der Waals surface area contributed by atoms with Gasteiger partial charge < -0.3 is 4.74 Å². The average Bonchev–Trinajstić information content (AvgIpc) is 3.02. The van der Waals surface area contributed by atoms with Gasteiger partial charge in [0.25, 0.3) is 0 Å². The van der Waals surface area contributed by atoms with Crippen molar-refractivity contribution < 1.29 is 9.53 Å². The molecule has 3 nitrogen and oxygen atoms in total. The van der Waals surface area contributed by atoms with Gasteiger partial charge in [0, 0.05) is 5.56 Å². The fourth-order valence-corrected chi connectivity index (χ4v) is 2.36. The van der Waals surface area contributed by atoms with Crippen LogP contribution in [-0.4, -0.2) is 11.9 Å². The Hall–Kier alpha value is -2.20. The molecule has 2 aromatic rings. The maximum absolute atomic E-state index is 11.7. The van der Waals surface area contributed by atoms with Gasteiger partial charge in [-0.25, -0.2) is 9.79 Å². The zero-order valence-corrected chi connectivity index (χ0v) is 11.1. The number of cyclic esters (lactones) is 1. The van der Waals surface area contributed by atoms with E-state index in [1.54, 1.807) is 17.4 Å². The molecule has 3 rings (SSSR count). The molecule has 0 saturated carbocycles. The molecule has 0 amide bonds. The molecule has 0 N–H and O–H groups in total. The normalized spacial score (nSPS) is 16.6. The minimum atomic E-state index is -0.401. The zero-order chi connectivity index (χ0) is 13.2. The van der Waals surface area contributed by atoms with Gasteiger partial charge in [0.1, 0.15) is 0 Å². The van der Waals surface area contributed by atoms with Crippen LogP contribution in [0, 0.1) is 6.92 Å². The summed E-state index contributed by atoms with van der Waals surface area (Å²) in [5.41, 5.74) is 3.27. The van der Waals surface area contributed by atoms with Gasteiger partial charge in [0.15, 0.2) is 5.70 Å². The van der Waals surface area contributed by atoms with Gasteiger partial charge in [0.05, 0.1) is 0 Å². The lowest BCUT2D eigenvalue weighted by molar-refractivity contribution is -0.129. The third kappa shape index (κ3) is 2.48. The van der Waals surface area contributed by atoms with Crippen molar-refractivity contribution in [1.82, 2.24) is 0 Å². The molecule has 0 unspecified atom stereocenters. The Balaban J connectivity index is 1.93. The van der Waals surface area contributed by atoms with E-state index in [0.717, 1.165) is 16.7 Å². The molecule has 0 saturated heterocycles. The molecular formula is C15H11NO2S. The number of hydrogen-bond donors (Lipinski definition) is 0. The summed E-state index contributed by atoms with van der Waals surface area (Å²) in [5.74, 6) is -0.0340. The van der Waals surface area contributed by atoms with Crippen LogP contribution in [0.2, 0.25) is 0 Å². The summed E-state index contributed by atoms with van der Waals surface area (Å²) in [4.78, 5) is 16.0. The third-order valence-corrected chi connectivity index (χ3v) is 3.47. The van der Waals surface area contributed by atoms with Gasteiger partial charge >= 0.3 is 5.97 Å². The second-order valence-electron chi connectivity index (χ2n) is 4.26. The monoisotopic (exact) mass is 269 g/mol. The summed E-state index contributed by atoms with van der Waals surface area (Å²) in [7, 11) is 0. The number of esters is 1. The molecule has 94 valence electrons. The highest BCUT2D eigenvalue weighted by atomic mass is 32.1. The van der Waals surface area contributed by atoms with E-state index in [2.05, 4.69) is 4.99 Å². The molecule has 19 heavy (non-hydrogen) atoms. The van der Waals surface area contributed by atoms with E-state index in [1.165, 1.54) is 0 Å². The lowest BCUT2D eigenvalue weighted by Crippen LogP contribution is -2.05. The number of carbonyl (C=O) groups excluding carboxylic acids is 1. The Bertz CT molecular complexity index is 667. The van der Waals surface area contributed by atoms with Crippen molar-refractivity contribution in [2.45, 2.75) is 6.92 Å². The maximum atomic E-state index is 11.7. The fourth-order valence-electron chi connectivity index (χ4n) is 1.74. The summed E-state index contributed by atoms with van der Waals surface area (Å²) < 4.78 is 5.19. The highest BCUT2D eigenvalue weighted by Gasteiger charge is 2.23. The second kappa shape index (κ2) is 4.82. The van der Waals surface area contributed by atoms with Crippen molar-refractivity contribution in [3.63, 3.8) is 0 Å². The number of rotatable bonds is 2. The van der Waals surface area contributed by atoms with Crippen LogP contribution in [0.1, 0.15) is 16.7 Å². The predicted octanol–water partition coefficient (Wildman–Crippen LogP) is 3.40. The molecule has 0 fully saturated rings. The quantitative estimate of drug-likeness (QED) is 0.619. The van der Waals surface area contributed by atoms with E-state index in [9.17, 15) is 4.79 Å². The number of aryl methyl sites for hydroxylation is 1. The van der Waals surface area contributed by atoms with Gasteiger partial charge in [-0.1, -0.05) is 17.7 Å². The fraction of sp³-hybridized carbons (Fsp3) is 0.0667. The summed E-state index contributed by atoms with van der Waals surface area (Å²) in [5, 5.41) is 3.91. The van der Waals surface area contributed by atoms with Gasteiger partial charge in [-0.3, -0.25) is 0 Å². The summed E-state index contributed by atoms with van der Waals surface area (Å²) in [6.07, 6.45) is 1.74. The second-order valence-corrected chi connectivity index (χ2v) is 5.04. The first-order valence-corrected chi connectivity index (χ1v) is 6.78. The molecule has 2 heterocycles. The lowest BCUT2D eigenvalue weighted by atomic mass is 10.1. The number of nitrogens with zero attached hydrogens (tertiary/aromatic N) is 1. The van der Waals surface area contributed by atoms with Crippen LogP contribution in [0.4, 0.5) is 0 Å². The Morgan fingerprint density at radius 2 is 2.00 bits per heavy atom. The van der Waals surface area contributed by atoms with Crippen molar-refractivity contribution in [1.29, 1.82) is 0 Å². The number of thiophene rings is 1. The van der Waals surface area contributed by atoms with Crippen LogP contribution in [0.25, 0.3) is 6.08 Å². The van der Waals surface area contributed by atoms with Gasteiger partial charge in [-0.05, 0) is 47.5 Å². The highest BCUT2D eigenvalue weighted by molar-refractivity contribution is 7.08.